The summed E-state index contributed by atoms with van der Waals surface area (Å²) in [5, 5.41) is 2.17. The van der Waals surface area contributed by atoms with Crippen molar-refractivity contribution in [2.45, 2.75) is 19.5 Å². The highest BCUT2D eigenvalue weighted by atomic mass is 32.1. The van der Waals surface area contributed by atoms with Crippen LogP contribution in [-0.2, 0) is 13.1 Å². The normalized spacial score (nSPS) is 16.8. The maximum absolute atomic E-state index is 4.11. The largest absolute Gasteiger partial charge is 0.306 e. The molecule has 0 aliphatic carbocycles. The molecule has 5 heteroatoms. The molecule has 0 saturated carbocycles. The molecule has 0 spiro atoms. The number of rotatable bonds is 5. The molecule has 0 atom stereocenters. The molecule has 25 heavy (non-hydrogen) atoms. The van der Waals surface area contributed by atoms with Crippen LogP contribution in [0.4, 0.5) is 0 Å². The van der Waals surface area contributed by atoms with Crippen molar-refractivity contribution in [1.82, 2.24) is 19.4 Å². The third-order valence-electron chi connectivity index (χ3n) is 4.79. The van der Waals surface area contributed by atoms with E-state index in [2.05, 4.69) is 56.6 Å². The predicted molar refractivity (Wildman–Crippen MR) is 103 cm³/mol. The summed E-state index contributed by atoms with van der Waals surface area (Å²) in [6, 6.07) is 13.2. The second-order valence-corrected chi connectivity index (χ2v) is 7.65. The highest BCUT2D eigenvalue weighted by Gasteiger charge is 2.15. The summed E-state index contributed by atoms with van der Waals surface area (Å²) in [4.78, 5) is 10.8. The molecule has 130 valence electrons. The van der Waals surface area contributed by atoms with E-state index in [0.717, 1.165) is 26.2 Å². The zero-order chi connectivity index (χ0) is 16.9. The van der Waals surface area contributed by atoms with E-state index in [1.54, 1.807) is 0 Å². The Morgan fingerprint density at radius 2 is 1.72 bits per heavy atom. The van der Waals surface area contributed by atoms with Crippen LogP contribution in [0, 0.1) is 0 Å². The molecular weight excluding hydrogens is 328 g/mol. The van der Waals surface area contributed by atoms with Crippen molar-refractivity contribution >= 4 is 11.3 Å². The van der Waals surface area contributed by atoms with Gasteiger partial charge in [-0.15, -0.1) is 11.3 Å². The van der Waals surface area contributed by atoms with Gasteiger partial charge in [0.25, 0.3) is 0 Å². The Labute approximate surface area is 153 Å². The van der Waals surface area contributed by atoms with Gasteiger partial charge >= 0.3 is 0 Å². The predicted octanol–water partition coefficient (Wildman–Crippen LogP) is 3.64. The van der Waals surface area contributed by atoms with Gasteiger partial charge in [0.15, 0.2) is 0 Å². The number of hydrogen-bond acceptors (Lipinski definition) is 4. The molecule has 3 heterocycles. The molecule has 0 N–H and O–H groups in total. The lowest BCUT2D eigenvalue weighted by molar-refractivity contribution is 0.248. The van der Waals surface area contributed by atoms with Gasteiger partial charge in [0.1, 0.15) is 0 Å². The maximum Gasteiger partial charge on any atom is 0.0991 e. The van der Waals surface area contributed by atoms with E-state index in [4.69, 9.17) is 0 Å². The van der Waals surface area contributed by atoms with Crippen LogP contribution in [0.2, 0.25) is 0 Å². The van der Waals surface area contributed by atoms with Crippen molar-refractivity contribution in [3.05, 3.63) is 70.9 Å². The van der Waals surface area contributed by atoms with Gasteiger partial charge in [-0.3, -0.25) is 9.80 Å². The Bertz CT molecular complexity index is 750. The second-order valence-electron chi connectivity index (χ2n) is 6.62. The Morgan fingerprint density at radius 1 is 0.920 bits per heavy atom. The summed E-state index contributed by atoms with van der Waals surface area (Å²) in [6.45, 7) is 6.83. The molecule has 4 nitrogen and oxygen atoms in total. The van der Waals surface area contributed by atoms with Gasteiger partial charge in [-0.05, 0) is 48.7 Å². The van der Waals surface area contributed by atoms with Crippen molar-refractivity contribution in [1.29, 1.82) is 0 Å². The summed E-state index contributed by atoms with van der Waals surface area (Å²) in [6.07, 6.45) is 6.88. The first-order valence-corrected chi connectivity index (χ1v) is 9.79. The average Bonchev–Trinajstić information content (AvgIpc) is 3.30. The molecule has 2 aromatic heterocycles. The van der Waals surface area contributed by atoms with Crippen LogP contribution in [0.15, 0.2) is 60.5 Å². The van der Waals surface area contributed by atoms with Crippen LogP contribution < -0.4 is 0 Å². The highest BCUT2D eigenvalue weighted by Crippen LogP contribution is 2.16. The van der Waals surface area contributed by atoms with Gasteiger partial charge in [0.2, 0.25) is 0 Å². The fraction of sp³-hybridized carbons (Fsp3) is 0.350. The number of hydrogen-bond donors (Lipinski definition) is 0. The van der Waals surface area contributed by atoms with E-state index in [9.17, 15) is 0 Å². The van der Waals surface area contributed by atoms with Gasteiger partial charge in [0, 0.05) is 49.1 Å². The van der Waals surface area contributed by atoms with Gasteiger partial charge in [-0.1, -0.05) is 18.2 Å². The quantitative estimate of drug-likeness (QED) is 0.701. The third kappa shape index (κ3) is 4.37. The molecule has 1 fully saturated rings. The zero-order valence-corrected chi connectivity index (χ0v) is 15.2. The van der Waals surface area contributed by atoms with Crippen LogP contribution in [0.25, 0.3) is 5.69 Å². The average molecular weight is 353 g/mol. The molecule has 1 aromatic carbocycles. The number of benzene rings is 1. The Kier molecular flexibility index (Phi) is 5.25. The highest BCUT2D eigenvalue weighted by molar-refractivity contribution is 7.09. The molecule has 1 aliphatic rings. The Hall–Kier alpha value is -1.95. The lowest BCUT2D eigenvalue weighted by atomic mass is 10.2. The monoisotopic (exact) mass is 352 g/mol. The lowest BCUT2D eigenvalue weighted by Crippen LogP contribution is -2.30. The smallest absolute Gasteiger partial charge is 0.0991 e. The van der Waals surface area contributed by atoms with Gasteiger partial charge < -0.3 is 4.57 Å². The molecule has 1 saturated heterocycles. The number of aromatic nitrogens is 2. The van der Waals surface area contributed by atoms with E-state index in [1.165, 1.54) is 35.6 Å². The maximum atomic E-state index is 4.11. The molecule has 0 amide bonds. The Balaban J connectivity index is 1.32. The standard InChI is InChI=1S/C20H24N4S/c1-3-20(25-14-1)16-23-10-2-9-22(12-13-23)15-18-4-6-19(7-5-18)24-11-8-21-17-24/h1,3-8,11,14,17H,2,9-10,12-13,15-16H2. The van der Waals surface area contributed by atoms with Gasteiger partial charge in [-0.2, -0.15) is 0 Å². The lowest BCUT2D eigenvalue weighted by Gasteiger charge is -2.21. The molecule has 4 rings (SSSR count). The molecule has 3 aromatic rings. The minimum absolute atomic E-state index is 1.04. The first-order valence-electron chi connectivity index (χ1n) is 8.91. The van der Waals surface area contributed by atoms with E-state index < -0.39 is 0 Å². The third-order valence-corrected chi connectivity index (χ3v) is 5.65. The van der Waals surface area contributed by atoms with E-state index in [1.807, 2.05) is 34.6 Å². The minimum Gasteiger partial charge on any atom is -0.306 e. The number of thiophene rings is 1. The summed E-state index contributed by atoms with van der Waals surface area (Å²) >= 11 is 1.87. The fourth-order valence-electron chi connectivity index (χ4n) is 3.41. The van der Waals surface area contributed by atoms with E-state index in [-0.39, 0.29) is 0 Å². The Morgan fingerprint density at radius 3 is 2.40 bits per heavy atom. The van der Waals surface area contributed by atoms with Gasteiger partial charge in [-0.25, -0.2) is 4.98 Å². The van der Waals surface area contributed by atoms with Crippen LogP contribution in [0.3, 0.4) is 0 Å². The van der Waals surface area contributed by atoms with Crippen LogP contribution >= 0.6 is 11.3 Å². The van der Waals surface area contributed by atoms with Crippen LogP contribution in [0.5, 0.6) is 0 Å². The van der Waals surface area contributed by atoms with Crippen molar-refractivity contribution in [3.8, 4) is 5.69 Å². The van der Waals surface area contributed by atoms with Crippen molar-refractivity contribution in [3.63, 3.8) is 0 Å². The summed E-state index contributed by atoms with van der Waals surface area (Å²) in [5.74, 6) is 0. The molecular formula is C20H24N4S. The number of nitrogens with zero attached hydrogens (tertiary/aromatic N) is 4. The SMILES string of the molecule is c1csc(CN2CCCN(Cc3ccc(-n4ccnc4)cc3)CC2)c1. The molecule has 0 unspecified atom stereocenters. The summed E-state index contributed by atoms with van der Waals surface area (Å²) in [5.41, 5.74) is 2.55. The first-order chi connectivity index (χ1) is 12.4. The summed E-state index contributed by atoms with van der Waals surface area (Å²) in [7, 11) is 0. The second kappa shape index (κ2) is 7.95. The molecule has 0 bridgehead atoms. The van der Waals surface area contributed by atoms with Gasteiger partial charge in [0.05, 0.1) is 6.33 Å². The van der Waals surface area contributed by atoms with E-state index in [0.29, 0.717) is 0 Å². The topological polar surface area (TPSA) is 24.3 Å². The van der Waals surface area contributed by atoms with Crippen molar-refractivity contribution in [2.24, 2.45) is 0 Å². The number of imidazole rings is 1. The first kappa shape index (κ1) is 16.5. The van der Waals surface area contributed by atoms with Crippen molar-refractivity contribution < 1.29 is 0 Å². The van der Waals surface area contributed by atoms with Crippen LogP contribution in [0.1, 0.15) is 16.9 Å². The molecule has 0 radical (unpaired) electrons. The minimum atomic E-state index is 1.04. The fourth-order valence-corrected chi connectivity index (χ4v) is 4.15. The van der Waals surface area contributed by atoms with Crippen LogP contribution in [-0.4, -0.2) is 45.5 Å². The van der Waals surface area contributed by atoms with Crippen molar-refractivity contribution in [2.75, 3.05) is 26.2 Å². The zero-order valence-electron chi connectivity index (χ0n) is 14.4. The molecule has 1 aliphatic heterocycles. The summed E-state index contributed by atoms with van der Waals surface area (Å²) < 4.78 is 2.04. The van der Waals surface area contributed by atoms with E-state index >= 15 is 0 Å².